The van der Waals surface area contributed by atoms with Gasteiger partial charge in [0.25, 0.3) is 5.91 Å². The van der Waals surface area contributed by atoms with Gasteiger partial charge in [0.15, 0.2) is 0 Å². The second-order valence-corrected chi connectivity index (χ2v) is 6.37. The van der Waals surface area contributed by atoms with E-state index >= 15 is 0 Å². The molecule has 2 N–H and O–H groups in total. The van der Waals surface area contributed by atoms with Gasteiger partial charge in [0, 0.05) is 24.7 Å². The summed E-state index contributed by atoms with van der Waals surface area (Å²) in [5.41, 5.74) is 5.54. The van der Waals surface area contributed by atoms with E-state index in [1.165, 1.54) is 6.92 Å². The lowest BCUT2D eigenvalue weighted by Gasteiger charge is -2.31. The van der Waals surface area contributed by atoms with Crippen molar-refractivity contribution < 1.29 is 9.59 Å². The number of para-hydroxylation sites is 1. The molecule has 0 bridgehead atoms. The van der Waals surface area contributed by atoms with Crippen LogP contribution in [-0.2, 0) is 9.59 Å². The zero-order valence-corrected chi connectivity index (χ0v) is 15.0. The third-order valence-corrected chi connectivity index (χ3v) is 4.69. The number of amides is 2. The predicted octanol–water partition coefficient (Wildman–Crippen LogP) is 3.78. The highest BCUT2D eigenvalue weighted by Gasteiger charge is 2.30. The number of benzene rings is 2. The van der Waals surface area contributed by atoms with Crippen molar-refractivity contribution in [3.05, 3.63) is 53.1 Å². The first kappa shape index (κ1) is 17.0. The molecule has 0 aliphatic carbocycles. The highest BCUT2D eigenvalue weighted by Crippen LogP contribution is 2.37. The first-order valence-corrected chi connectivity index (χ1v) is 8.48. The Balaban J connectivity index is 2.04. The van der Waals surface area contributed by atoms with E-state index in [0.29, 0.717) is 6.54 Å². The van der Waals surface area contributed by atoms with Gasteiger partial charge in [0.2, 0.25) is 5.91 Å². The number of fused-ring (bicyclic) bond motifs is 1. The molecule has 2 aromatic rings. The van der Waals surface area contributed by atoms with E-state index in [2.05, 4.69) is 10.6 Å². The number of carbonyl (C=O) groups is 2. The maximum absolute atomic E-state index is 12.7. The molecule has 5 heteroatoms. The Labute approximate surface area is 148 Å². The normalized spacial score (nSPS) is 15.8. The third-order valence-electron chi connectivity index (χ3n) is 4.69. The Morgan fingerprint density at radius 3 is 2.40 bits per heavy atom. The van der Waals surface area contributed by atoms with Crippen LogP contribution >= 0.6 is 0 Å². The molecule has 1 aliphatic rings. The average molecular weight is 337 g/mol. The molecule has 25 heavy (non-hydrogen) atoms. The fraction of sp³-hybridized carbons (Fsp3) is 0.300. The molecule has 130 valence electrons. The van der Waals surface area contributed by atoms with Crippen LogP contribution in [0.4, 0.5) is 17.1 Å². The average Bonchev–Trinajstić information content (AvgIpc) is 2.57. The summed E-state index contributed by atoms with van der Waals surface area (Å²) < 4.78 is 0. The zero-order chi connectivity index (χ0) is 18.1. The van der Waals surface area contributed by atoms with Crippen molar-refractivity contribution in [1.82, 2.24) is 0 Å². The lowest BCUT2D eigenvalue weighted by atomic mass is 9.98. The van der Waals surface area contributed by atoms with Crippen molar-refractivity contribution in [3.63, 3.8) is 0 Å². The van der Waals surface area contributed by atoms with Crippen molar-refractivity contribution in [2.75, 3.05) is 22.1 Å². The van der Waals surface area contributed by atoms with Crippen LogP contribution in [0.3, 0.4) is 0 Å². The van der Waals surface area contributed by atoms with Crippen LogP contribution in [0.2, 0.25) is 0 Å². The second-order valence-electron chi connectivity index (χ2n) is 6.37. The largest absolute Gasteiger partial charge is 0.368 e. The third kappa shape index (κ3) is 3.09. The number of carbonyl (C=O) groups excluding carboxylic acids is 2. The van der Waals surface area contributed by atoms with Crippen molar-refractivity contribution >= 4 is 28.9 Å². The van der Waals surface area contributed by atoms with Crippen LogP contribution in [0.1, 0.15) is 36.6 Å². The molecular formula is C20H23N3O2. The van der Waals surface area contributed by atoms with Crippen LogP contribution in [0.5, 0.6) is 0 Å². The van der Waals surface area contributed by atoms with Crippen molar-refractivity contribution in [3.8, 4) is 0 Å². The van der Waals surface area contributed by atoms with Gasteiger partial charge in [-0.2, -0.15) is 0 Å². The van der Waals surface area contributed by atoms with E-state index in [4.69, 9.17) is 0 Å². The highest BCUT2D eigenvalue weighted by molar-refractivity contribution is 6.05. The molecule has 0 unspecified atom stereocenters. The van der Waals surface area contributed by atoms with Crippen LogP contribution in [0.15, 0.2) is 36.4 Å². The van der Waals surface area contributed by atoms with Gasteiger partial charge in [-0.3, -0.25) is 9.59 Å². The lowest BCUT2D eigenvalue weighted by Crippen LogP contribution is -2.35. The standard InChI is InChI=1S/C20H23N3O2/c1-5-23(14(4)24)18-9-7-6-8-15(18)19-20(25)22-17-11-13(3)12(2)10-16(17)21-19/h6-11,19,21H,5H2,1-4H3,(H,22,25)/t19-/m1/s1. The van der Waals surface area contributed by atoms with Crippen LogP contribution in [-0.4, -0.2) is 18.4 Å². The molecule has 2 amide bonds. The van der Waals surface area contributed by atoms with Gasteiger partial charge in [0.05, 0.1) is 11.4 Å². The summed E-state index contributed by atoms with van der Waals surface area (Å²) in [4.78, 5) is 26.4. The molecule has 0 spiro atoms. The number of aryl methyl sites for hydroxylation is 2. The maximum atomic E-state index is 12.7. The minimum absolute atomic E-state index is 0.0435. The number of rotatable bonds is 3. The van der Waals surface area contributed by atoms with Crippen LogP contribution in [0.25, 0.3) is 0 Å². The van der Waals surface area contributed by atoms with Crippen molar-refractivity contribution in [2.45, 2.75) is 33.7 Å². The summed E-state index contributed by atoms with van der Waals surface area (Å²) in [6.07, 6.45) is 0. The van der Waals surface area contributed by atoms with E-state index in [0.717, 1.165) is 33.8 Å². The minimum Gasteiger partial charge on any atom is -0.368 e. The summed E-state index contributed by atoms with van der Waals surface area (Å²) in [5, 5.41) is 6.32. The van der Waals surface area contributed by atoms with Gasteiger partial charge in [-0.05, 0) is 50.1 Å². The predicted molar refractivity (Wildman–Crippen MR) is 101 cm³/mol. The van der Waals surface area contributed by atoms with E-state index in [-0.39, 0.29) is 11.8 Å². The molecule has 3 rings (SSSR count). The van der Waals surface area contributed by atoms with Gasteiger partial charge in [-0.15, -0.1) is 0 Å². The molecule has 1 aliphatic heterocycles. The fourth-order valence-corrected chi connectivity index (χ4v) is 3.22. The first-order valence-electron chi connectivity index (χ1n) is 8.48. The Bertz CT molecular complexity index is 845. The number of hydrogen-bond donors (Lipinski definition) is 2. The topological polar surface area (TPSA) is 61.4 Å². The maximum Gasteiger partial charge on any atom is 0.251 e. The Morgan fingerprint density at radius 1 is 1.12 bits per heavy atom. The van der Waals surface area contributed by atoms with E-state index in [1.54, 1.807) is 4.90 Å². The van der Waals surface area contributed by atoms with Gasteiger partial charge >= 0.3 is 0 Å². The van der Waals surface area contributed by atoms with Gasteiger partial charge in [-0.25, -0.2) is 0 Å². The van der Waals surface area contributed by atoms with Gasteiger partial charge in [-0.1, -0.05) is 18.2 Å². The monoisotopic (exact) mass is 337 g/mol. The quantitative estimate of drug-likeness (QED) is 0.896. The molecule has 5 nitrogen and oxygen atoms in total. The lowest BCUT2D eigenvalue weighted by molar-refractivity contribution is -0.118. The molecule has 0 saturated carbocycles. The number of hydrogen-bond acceptors (Lipinski definition) is 3. The molecule has 0 radical (unpaired) electrons. The van der Waals surface area contributed by atoms with E-state index in [9.17, 15) is 9.59 Å². The number of nitrogens with zero attached hydrogens (tertiary/aromatic N) is 1. The molecule has 2 aromatic carbocycles. The molecule has 1 atom stereocenters. The zero-order valence-electron chi connectivity index (χ0n) is 15.0. The molecule has 0 saturated heterocycles. The number of nitrogens with one attached hydrogen (secondary N) is 2. The molecule has 1 heterocycles. The Hall–Kier alpha value is -2.82. The summed E-state index contributed by atoms with van der Waals surface area (Å²) >= 11 is 0. The highest BCUT2D eigenvalue weighted by atomic mass is 16.2. The number of anilines is 3. The molecular weight excluding hydrogens is 314 g/mol. The Morgan fingerprint density at radius 2 is 1.76 bits per heavy atom. The SMILES string of the molecule is CCN(C(C)=O)c1ccccc1[C@H]1Nc2cc(C)c(C)cc2NC1=O. The molecule has 0 fully saturated rings. The van der Waals surface area contributed by atoms with E-state index in [1.807, 2.05) is 57.2 Å². The Kier molecular flexibility index (Phi) is 4.49. The first-order chi connectivity index (χ1) is 11.9. The van der Waals surface area contributed by atoms with Gasteiger partial charge in [0.1, 0.15) is 6.04 Å². The van der Waals surface area contributed by atoms with Crippen LogP contribution in [0, 0.1) is 13.8 Å². The van der Waals surface area contributed by atoms with E-state index < -0.39 is 6.04 Å². The summed E-state index contributed by atoms with van der Waals surface area (Å²) in [6, 6.07) is 11.0. The minimum atomic E-state index is -0.542. The second kappa shape index (κ2) is 6.59. The smallest absolute Gasteiger partial charge is 0.251 e. The van der Waals surface area contributed by atoms with Crippen molar-refractivity contribution in [1.29, 1.82) is 0 Å². The fourth-order valence-electron chi connectivity index (χ4n) is 3.22. The van der Waals surface area contributed by atoms with Gasteiger partial charge < -0.3 is 15.5 Å². The summed E-state index contributed by atoms with van der Waals surface area (Å²) in [6.45, 7) is 8.08. The molecule has 0 aromatic heterocycles. The summed E-state index contributed by atoms with van der Waals surface area (Å²) in [7, 11) is 0. The summed E-state index contributed by atoms with van der Waals surface area (Å²) in [5.74, 6) is -0.166. The van der Waals surface area contributed by atoms with Crippen LogP contribution < -0.4 is 15.5 Å². The van der Waals surface area contributed by atoms with Crippen molar-refractivity contribution in [2.24, 2.45) is 0 Å².